The Labute approximate surface area is 119 Å². The number of hydrogen-bond acceptors (Lipinski definition) is 5. The summed E-state index contributed by atoms with van der Waals surface area (Å²) in [4.78, 5) is 19.4. The number of carbonyl (C=O) groups excluding carboxylic acids is 1. The summed E-state index contributed by atoms with van der Waals surface area (Å²) in [5.74, 6) is 0.881. The van der Waals surface area contributed by atoms with E-state index < -0.39 is 5.91 Å². The van der Waals surface area contributed by atoms with Crippen molar-refractivity contribution in [3.05, 3.63) is 53.9 Å². The minimum Gasteiger partial charge on any atom is -0.366 e. The normalized spacial score (nSPS) is 10.8. The first-order chi connectivity index (χ1) is 9.72. The van der Waals surface area contributed by atoms with E-state index in [1.54, 1.807) is 35.1 Å². The fourth-order valence-corrected chi connectivity index (χ4v) is 2.47. The van der Waals surface area contributed by atoms with Gasteiger partial charge in [0.1, 0.15) is 0 Å². The van der Waals surface area contributed by atoms with E-state index in [1.165, 1.54) is 11.8 Å². The third-order valence-electron chi connectivity index (χ3n) is 2.70. The van der Waals surface area contributed by atoms with E-state index in [2.05, 4.69) is 15.1 Å². The first-order valence-corrected chi connectivity index (χ1v) is 6.90. The van der Waals surface area contributed by atoms with Crippen molar-refractivity contribution in [3.8, 4) is 0 Å². The number of carbonyl (C=O) groups is 1. The number of benzene rings is 1. The molecule has 6 nitrogen and oxygen atoms in total. The van der Waals surface area contributed by atoms with Gasteiger partial charge >= 0.3 is 0 Å². The van der Waals surface area contributed by atoms with Crippen LogP contribution in [0.25, 0.3) is 5.78 Å². The molecule has 0 fully saturated rings. The highest BCUT2D eigenvalue weighted by Gasteiger charge is 2.05. The van der Waals surface area contributed by atoms with E-state index in [-0.39, 0.29) is 0 Å². The monoisotopic (exact) mass is 285 g/mol. The molecule has 0 spiro atoms. The number of amides is 1. The molecule has 2 N–H and O–H groups in total. The van der Waals surface area contributed by atoms with Crippen LogP contribution in [0.3, 0.4) is 0 Å². The van der Waals surface area contributed by atoms with Gasteiger partial charge in [-0.05, 0) is 23.8 Å². The third-order valence-corrected chi connectivity index (χ3v) is 3.61. The van der Waals surface area contributed by atoms with Gasteiger partial charge in [0.25, 0.3) is 5.78 Å². The van der Waals surface area contributed by atoms with Crippen molar-refractivity contribution in [3.63, 3.8) is 0 Å². The molecule has 0 atom stereocenters. The van der Waals surface area contributed by atoms with Crippen LogP contribution in [0.2, 0.25) is 0 Å². The number of nitrogens with two attached hydrogens (primary N) is 1. The molecule has 0 radical (unpaired) electrons. The molecule has 0 aliphatic rings. The average Bonchev–Trinajstić information content (AvgIpc) is 2.88. The number of fused-ring (bicyclic) bond motifs is 1. The highest BCUT2D eigenvalue weighted by molar-refractivity contribution is 7.98. The lowest BCUT2D eigenvalue weighted by Gasteiger charge is -1.99. The lowest BCUT2D eigenvalue weighted by atomic mass is 10.1. The minimum atomic E-state index is -0.419. The van der Waals surface area contributed by atoms with Gasteiger partial charge < -0.3 is 5.73 Å². The maximum atomic E-state index is 11.0. The third kappa shape index (κ3) is 2.62. The van der Waals surface area contributed by atoms with Gasteiger partial charge in [-0.15, -0.1) is 5.10 Å². The first kappa shape index (κ1) is 12.6. The molecule has 0 unspecified atom stereocenters. The number of thioether (sulfide) groups is 1. The Balaban J connectivity index is 1.71. The Morgan fingerprint density at radius 3 is 2.80 bits per heavy atom. The van der Waals surface area contributed by atoms with Gasteiger partial charge in [-0.1, -0.05) is 23.9 Å². The van der Waals surface area contributed by atoms with E-state index in [9.17, 15) is 4.79 Å². The first-order valence-electron chi connectivity index (χ1n) is 5.91. The fraction of sp³-hybridized carbons (Fsp3) is 0.0769. The van der Waals surface area contributed by atoms with Gasteiger partial charge in [-0.2, -0.15) is 4.98 Å². The molecule has 7 heteroatoms. The summed E-state index contributed by atoms with van der Waals surface area (Å²) in [7, 11) is 0. The predicted molar refractivity (Wildman–Crippen MR) is 75.3 cm³/mol. The molecule has 0 saturated heterocycles. The molecule has 1 amide bonds. The highest BCUT2D eigenvalue weighted by Crippen LogP contribution is 2.19. The molecular formula is C13H11N5OS. The highest BCUT2D eigenvalue weighted by atomic mass is 32.2. The maximum Gasteiger partial charge on any atom is 0.253 e. The van der Waals surface area contributed by atoms with Crippen molar-refractivity contribution in [1.82, 2.24) is 19.6 Å². The van der Waals surface area contributed by atoms with Gasteiger partial charge in [-0.25, -0.2) is 9.50 Å². The number of hydrogen-bond donors (Lipinski definition) is 1. The molecule has 3 rings (SSSR count). The molecule has 2 heterocycles. The largest absolute Gasteiger partial charge is 0.366 e. The lowest BCUT2D eigenvalue weighted by molar-refractivity contribution is 0.100. The molecular weight excluding hydrogens is 274 g/mol. The molecule has 0 saturated carbocycles. The Morgan fingerprint density at radius 2 is 2.10 bits per heavy atom. The van der Waals surface area contributed by atoms with Gasteiger partial charge in [-0.3, -0.25) is 4.79 Å². The van der Waals surface area contributed by atoms with Crippen molar-refractivity contribution < 1.29 is 4.79 Å². The Kier molecular flexibility index (Phi) is 3.34. The number of rotatable bonds is 4. The summed E-state index contributed by atoms with van der Waals surface area (Å²) in [5, 5.41) is 4.97. The zero-order valence-corrected chi connectivity index (χ0v) is 11.2. The minimum absolute atomic E-state index is 0.419. The molecule has 0 bridgehead atoms. The van der Waals surface area contributed by atoms with Crippen LogP contribution in [0.1, 0.15) is 15.9 Å². The molecule has 0 aliphatic carbocycles. The van der Waals surface area contributed by atoms with E-state index in [1.807, 2.05) is 12.1 Å². The van der Waals surface area contributed by atoms with E-state index >= 15 is 0 Å². The van der Waals surface area contributed by atoms with E-state index in [0.717, 1.165) is 11.3 Å². The van der Waals surface area contributed by atoms with Crippen LogP contribution in [-0.2, 0) is 5.75 Å². The topological polar surface area (TPSA) is 86.2 Å². The van der Waals surface area contributed by atoms with Gasteiger partial charge in [0.15, 0.2) is 0 Å². The Hall–Kier alpha value is -2.41. The second kappa shape index (κ2) is 5.30. The van der Waals surface area contributed by atoms with Crippen LogP contribution in [-0.4, -0.2) is 25.5 Å². The van der Waals surface area contributed by atoms with Gasteiger partial charge in [0.05, 0.1) is 0 Å². The van der Waals surface area contributed by atoms with Crippen LogP contribution in [0.4, 0.5) is 0 Å². The van der Waals surface area contributed by atoms with Crippen LogP contribution in [0, 0.1) is 0 Å². The number of nitrogens with zero attached hydrogens (tertiary/aromatic N) is 4. The smallest absolute Gasteiger partial charge is 0.253 e. The quantitative estimate of drug-likeness (QED) is 0.734. The van der Waals surface area contributed by atoms with Crippen molar-refractivity contribution >= 4 is 23.4 Å². The summed E-state index contributed by atoms with van der Waals surface area (Å²) < 4.78 is 1.64. The molecule has 100 valence electrons. The zero-order chi connectivity index (χ0) is 13.9. The van der Waals surface area contributed by atoms with Crippen molar-refractivity contribution in [1.29, 1.82) is 0 Å². The predicted octanol–water partition coefficient (Wildman–Crippen LogP) is 1.52. The van der Waals surface area contributed by atoms with Crippen LogP contribution in [0.15, 0.2) is 47.9 Å². The summed E-state index contributed by atoms with van der Waals surface area (Å²) in [6, 6.07) is 8.99. The van der Waals surface area contributed by atoms with Gasteiger partial charge in [0, 0.05) is 23.7 Å². The summed E-state index contributed by atoms with van der Waals surface area (Å²) in [6.45, 7) is 0. The van der Waals surface area contributed by atoms with E-state index in [0.29, 0.717) is 16.5 Å². The standard InChI is InChI=1S/C13H11N5OS/c14-11(19)10-4-2-9(3-5-10)8-20-13-16-12-15-6-1-7-18(12)17-13/h1-7H,8H2,(H2,14,19). The second-order valence-electron chi connectivity index (χ2n) is 4.11. The van der Waals surface area contributed by atoms with Gasteiger partial charge in [0.2, 0.25) is 11.1 Å². The van der Waals surface area contributed by atoms with Crippen LogP contribution in [0.5, 0.6) is 0 Å². The SMILES string of the molecule is NC(=O)c1ccc(CSc2nc3ncccn3n2)cc1. The van der Waals surface area contributed by atoms with Crippen molar-refractivity contribution in [2.24, 2.45) is 5.73 Å². The van der Waals surface area contributed by atoms with E-state index in [4.69, 9.17) is 5.73 Å². The van der Waals surface area contributed by atoms with Crippen LogP contribution < -0.4 is 5.73 Å². The zero-order valence-electron chi connectivity index (χ0n) is 10.4. The second-order valence-corrected chi connectivity index (χ2v) is 5.05. The fourth-order valence-electron chi connectivity index (χ4n) is 1.69. The summed E-state index contributed by atoms with van der Waals surface area (Å²) in [5.41, 5.74) is 6.78. The average molecular weight is 285 g/mol. The lowest BCUT2D eigenvalue weighted by Crippen LogP contribution is -2.10. The van der Waals surface area contributed by atoms with Crippen LogP contribution >= 0.6 is 11.8 Å². The molecule has 2 aromatic heterocycles. The Bertz CT molecular complexity index is 720. The summed E-state index contributed by atoms with van der Waals surface area (Å²) >= 11 is 1.51. The Morgan fingerprint density at radius 1 is 1.30 bits per heavy atom. The molecule has 1 aromatic carbocycles. The molecule has 20 heavy (non-hydrogen) atoms. The number of aromatic nitrogens is 4. The van der Waals surface area contributed by atoms with Crippen molar-refractivity contribution in [2.75, 3.05) is 0 Å². The molecule has 0 aliphatic heterocycles. The molecule has 3 aromatic rings. The maximum absolute atomic E-state index is 11.0. The van der Waals surface area contributed by atoms with Crippen molar-refractivity contribution in [2.45, 2.75) is 10.9 Å². The summed E-state index contributed by atoms with van der Waals surface area (Å²) in [6.07, 6.45) is 3.49. The number of primary amides is 1.